The zero-order chi connectivity index (χ0) is 15.6. The number of halogens is 5. The summed E-state index contributed by atoms with van der Waals surface area (Å²) in [6.07, 6.45) is -1.40. The molecule has 0 saturated heterocycles. The van der Waals surface area contributed by atoms with E-state index >= 15 is 0 Å². The molecule has 0 aliphatic heterocycles. The maximum absolute atomic E-state index is 12.7. The molecule has 1 saturated carbocycles. The summed E-state index contributed by atoms with van der Waals surface area (Å²) in [5.74, 6) is -0.103. The fourth-order valence-electron chi connectivity index (χ4n) is 2.41. The van der Waals surface area contributed by atoms with Gasteiger partial charge in [-0.2, -0.15) is 13.2 Å². The molecule has 1 amide bonds. The van der Waals surface area contributed by atoms with Gasteiger partial charge in [0.05, 0.1) is 11.1 Å². The summed E-state index contributed by atoms with van der Waals surface area (Å²) in [5, 5.41) is 2.72. The highest BCUT2D eigenvalue weighted by molar-refractivity contribution is 9.10. The Kier molecular flexibility index (Phi) is 5.35. The molecule has 2 atom stereocenters. The topological polar surface area (TPSA) is 29.1 Å². The average molecular weight is 429 g/mol. The molecule has 0 bridgehead atoms. The summed E-state index contributed by atoms with van der Waals surface area (Å²) in [4.78, 5) is 12.5. The number of hydrogen-bond donors (Lipinski definition) is 1. The second-order valence-electron chi connectivity index (χ2n) is 5.18. The van der Waals surface area contributed by atoms with Crippen molar-refractivity contribution < 1.29 is 18.0 Å². The first-order chi connectivity index (χ1) is 9.77. The van der Waals surface area contributed by atoms with Crippen LogP contribution in [0, 0.1) is 5.92 Å². The van der Waals surface area contributed by atoms with Gasteiger partial charge in [0.15, 0.2) is 0 Å². The van der Waals surface area contributed by atoms with E-state index in [1.807, 2.05) is 0 Å². The first-order valence-corrected chi connectivity index (χ1v) is 8.27. The monoisotopic (exact) mass is 427 g/mol. The fourth-order valence-corrected chi connectivity index (χ4v) is 3.63. The molecule has 2 unspecified atom stereocenters. The number of amides is 1. The number of alkyl halides is 4. The Morgan fingerprint density at radius 3 is 2.62 bits per heavy atom. The lowest BCUT2D eigenvalue weighted by molar-refractivity contribution is -0.137. The lowest BCUT2D eigenvalue weighted by atomic mass is 10.1. The SMILES string of the molecule is O=C(NCC1CCC(Br)C1)c1cc(C(F)(F)F)ccc1Br. The van der Waals surface area contributed by atoms with Gasteiger partial charge in [-0.05, 0) is 59.3 Å². The molecule has 1 N–H and O–H groups in total. The molecular weight excluding hydrogens is 415 g/mol. The maximum Gasteiger partial charge on any atom is 0.416 e. The van der Waals surface area contributed by atoms with E-state index in [1.54, 1.807) is 0 Å². The Hall–Kier alpha value is -0.560. The molecule has 0 heterocycles. The van der Waals surface area contributed by atoms with Crippen molar-refractivity contribution in [3.8, 4) is 0 Å². The molecule has 1 aromatic carbocycles. The third kappa shape index (κ3) is 4.45. The molecule has 21 heavy (non-hydrogen) atoms. The summed E-state index contributed by atoms with van der Waals surface area (Å²) >= 11 is 6.65. The normalized spacial score (nSPS) is 22.3. The van der Waals surface area contributed by atoms with E-state index in [0.29, 0.717) is 21.8 Å². The van der Waals surface area contributed by atoms with Gasteiger partial charge in [-0.3, -0.25) is 4.79 Å². The molecule has 0 spiro atoms. The van der Waals surface area contributed by atoms with Gasteiger partial charge in [-0.1, -0.05) is 15.9 Å². The smallest absolute Gasteiger partial charge is 0.352 e. The Bertz CT molecular complexity index is 533. The Balaban J connectivity index is 2.04. The number of carbonyl (C=O) groups is 1. The highest BCUT2D eigenvalue weighted by atomic mass is 79.9. The van der Waals surface area contributed by atoms with Crippen LogP contribution in [-0.2, 0) is 6.18 Å². The predicted molar refractivity (Wildman–Crippen MR) is 81.5 cm³/mol. The van der Waals surface area contributed by atoms with Gasteiger partial charge in [0.1, 0.15) is 0 Å². The third-order valence-corrected chi connectivity index (χ3v) is 5.09. The van der Waals surface area contributed by atoms with Gasteiger partial charge in [0.2, 0.25) is 0 Å². The van der Waals surface area contributed by atoms with Gasteiger partial charge >= 0.3 is 6.18 Å². The Labute approximate surface area is 137 Å². The molecular formula is C14H14Br2F3NO. The minimum absolute atomic E-state index is 0.0122. The van der Waals surface area contributed by atoms with E-state index in [9.17, 15) is 18.0 Å². The van der Waals surface area contributed by atoms with Gasteiger partial charge in [0.25, 0.3) is 5.91 Å². The fraction of sp³-hybridized carbons (Fsp3) is 0.500. The standard InChI is InChI=1S/C14H14Br2F3NO/c15-10-3-1-8(5-10)7-20-13(21)11-6-9(14(17,18)19)2-4-12(11)16/h2,4,6,8,10H,1,3,5,7H2,(H,20,21). The van der Waals surface area contributed by atoms with Crippen LogP contribution >= 0.6 is 31.9 Å². The number of benzene rings is 1. The van der Waals surface area contributed by atoms with E-state index in [0.717, 1.165) is 31.4 Å². The van der Waals surface area contributed by atoms with Gasteiger partial charge in [-0.25, -0.2) is 0 Å². The Morgan fingerprint density at radius 2 is 2.05 bits per heavy atom. The van der Waals surface area contributed by atoms with Crippen molar-refractivity contribution in [2.24, 2.45) is 5.92 Å². The minimum atomic E-state index is -4.45. The highest BCUT2D eigenvalue weighted by Crippen LogP contribution is 2.32. The average Bonchev–Trinajstić information content (AvgIpc) is 2.81. The first kappa shape index (κ1) is 16.8. The van der Waals surface area contributed by atoms with E-state index in [1.165, 1.54) is 6.07 Å². The molecule has 1 aliphatic carbocycles. The number of carbonyl (C=O) groups excluding carboxylic acids is 1. The minimum Gasteiger partial charge on any atom is -0.352 e. The summed E-state index contributed by atoms with van der Waals surface area (Å²) in [6, 6.07) is 3.08. The van der Waals surface area contributed by atoms with Crippen LogP contribution in [-0.4, -0.2) is 17.3 Å². The van der Waals surface area contributed by atoms with Crippen molar-refractivity contribution in [3.05, 3.63) is 33.8 Å². The molecule has 2 rings (SSSR count). The van der Waals surface area contributed by atoms with Crippen molar-refractivity contribution in [1.29, 1.82) is 0 Å². The van der Waals surface area contributed by atoms with Crippen molar-refractivity contribution in [2.75, 3.05) is 6.54 Å². The van der Waals surface area contributed by atoms with Crippen LogP contribution in [0.4, 0.5) is 13.2 Å². The van der Waals surface area contributed by atoms with Crippen molar-refractivity contribution in [2.45, 2.75) is 30.3 Å². The van der Waals surface area contributed by atoms with Crippen LogP contribution < -0.4 is 5.32 Å². The van der Waals surface area contributed by atoms with Crippen LogP contribution in [0.5, 0.6) is 0 Å². The van der Waals surface area contributed by atoms with E-state index in [2.05, 4.69) is 37.2 Å². The number of hydrogen-bond acceptors (Lipinski definition) is 1. The molecule has 1 aliphatic rings. The third-order valence-electron chi connectivity index (χ3n) is 3.57. The molecule has 1 aromatic rings. The molecule has 1 fully saturated rings. The molecule has 0 aromatic heterocycles. The first-order valence-electron chi connectivity index (χ1n) is 6.56. The quantitative estimate of drug-likeness (QED) is 0.691. The summed E-state index contributed by atoms with van der Waals surface area (Å²) in [5.41, 5.74) is -0.810. The van der Waals surface area contributed by atoms with Gasteiger partial charge in [0, 0.05) is 15.8 Å². The summed E-state index contributed by atoms with van der Waals surface area (Å²) in [7, 11) is 0. The summed E-state index contributed by atoms with van der Waals surface area (Å²) in [6.45, 7) is 0.490. The zero-order valence-corrected chi connectivity index (χ0v) is 14.2. The molecule has 2 nitrogen and oxygen atoms in total. The zero-order valence-electron chi connectivity index (χ0n) is 11.0. The Morgan fingerprint density at radius 1 is 1.33 bits per heavy atom. The predicted octanol–water partition coefficient (Wildman–Crippen LogP) is 4.76. The van der Waals surface area contributed by atoms with E-state index in [4.69, 9.17) is 0 Å². The lowest BCUT2D eigenvalue weighted by Crippen LogP contribution is -2.29. The van der Waals surface area contributed by atoms with Crippen molar-refractivity contribution >= 4 is 37.8 Å². The van der Waals surface area contributed by atoms with Crippen LogP contribution in [0.2, 0.25) is 0 Å². The molecule has 7 heteroatoms. The molecule has 116 valence electrons. The van der Waals surface area contributed by atoms with Crippen LogP contribution in [0.25, 0.3) is 0 Å². The molecule has 0 radical (unpaired) electrons. The van der Waals surface area contributed by atoms with Crippen LogP contribution in [0.3, 0.4) is 0 Å². The van der Waals surface area contributed by atoms with Crippen LogP contribution in [0.15, 0.2) is 22.7 Å². The second-order valence-corrected chi connectivity index (χ2v) is 7.33. The van der Waals surface area contributed by atoms with Crippen LogP contribution in [0.1, 0.15) is 35.2 Å². The lowest BCUT2D eigenvalue weighted by Gasteiger charge is -2.13. The number of rotatable bonds is 3. The maximum atomic E-state index is 12.7. The largest absolute Gasteiger partial charge is 0.416 e. The van der Waals surface area contributed by atoms with Crippen molar-refractivity contribution in [1.82, 2.24) is 5.32 Å². The second kappa shape index (κ2) is 6.69. The van der Waals surface area contributed by atoms with Gasteiger partial charge in [-0.15, -0.1) is 0 Å². The van der Waals surface area contributed by atoms with E-state index in [-0.39, 0.29) is 5.56 Å². The number of nitrogens with one attached hydrogen (secondary N) is 1. The van der Waals surface area contributed by atoms with E-state index < -0.39 is 17.6 Å². The summed E-state index contributed by atoms with van der Waals surface area (Å²) < 4.78 is 38.4. The van der Waals surface area contributed by atoms with Gasteiger partial charge < -0.3 is 5.32 Å². The highest BCUT2D eigenvalue weighted by Gasteiger charge is 2.31. The van der Waals surface area contributed by atoms with Crippen molar-refractivity contribution in [3.63, 3.8) is 0 Å².